The molecule has 1 aliphatic rings. The molecule has 0 aromatic heterocycles. The molecule has 0 heterocycles. The lowest BCUT2D eigenvalue weighted by atomic mass is 9.77. The van der Waals surface area contributed by atoms with Gasteiger partial charge in [-0.15, -0.1) is 0 Å². The first kappa shape index (κ1) is 15.9. The summed E-state index contributed by atoms with van der Waals surface area (Å²) in [7, 11) is 2.11. The van der Waals surface area contributed by atoms with Gasteiger partial charge >= 0.3 is 0 Å². The van der Waals surface area contributed by atoms with Gasteiger partial charge in [0.15, 0.2) is 0 Å². The summed E-state index contributed by atoms with van der Waals surface area (Å²) in [5, 5.41) is 10.2. The molecule has 0 aromatic rings. The lowest BCUT2D eigenvalue weighted by molar-refractivity contribution is -0.0109. The summed E-state index contributed by atoms with van der Waals surface area (Å²) in [6, 6.07) is 0.307. The number of hydrogen-bond acceptors (Lipinski definition) is 3. The molecular formula is C15H31NO2. The topological polar surface area (TPSA) is 32.7 Å². The molecule has 0 radical (unpaired) electrons. The zero-order valence-corrected chi connectivity index (χ0v) is 12.7. The summed E-state index contributed by atoms with van der Waals surface area (Å²) in [6.45, 7) is 10.4. The van der Waals surface area contributed by atoms with Gasteiger partial charge in [0.05, 0.1) is 18.8 Å². The molecule has 0 aliphatic heterocycles. The average molecular weight is 257 g/mol. The number of hydrogen-bond donors (Lipinski definition) is 1. The molecule has 1 rings (SSSR count). The van der Waals surface area contributed by atoms with Crippen LogP contribution in [0, 0.1) is 11.8 Å². The van der Waals surface area contributed by atoms with E-state index in [-0.39, 0.29) is 12.2 Å². The van der Waals surface area contributed by atoms with E-state index in [9.17, 15) is 5.11 Å². The fourth-order valence-electron chi connectivity index (χ4n) is 2.84. The van der Waals surface area contributed by atoms with Crippen molar-refractivity contribution in [3.8, 4) is 0 Å². The first-order chi connectivity index (χ1) is 8.41. The highest BCUT2D eigenvalue weighted by atomic mass is 16.5. The Hall–Kier alpha value is -0.120. The summed E-state index contributed by atoms with van der Waals surface area (Å²) in [5.74, 6) is 1.48. The van der Waals surface area contributed by atoms with Gasteiger partial charge in [-0.3, -0.25) is 4.90 Å². The molecule has 108 valence electrons. The van der Waals surface area contributed by atoms with Crippen LogP contribution in [0.25, 0.3) is 0 Å². The smallest absolute Gasteiger partial charge is 0.0695 e. The average Bonchev–Trinajstić information content (AvgIpc) is 2.28. The van der Waals surface area contributed by atoms with Gasteiger partial charge in [0.2, 0.25) is 0 Å². The quantitative estimate of drug-likeness (QED) is 0.793. The standard InChI is InChI=1S/C15H31NO2/c1-11(2)13-6-7-15(17)14(10-13)16(5)8-9-18-12(3)4/h11-15,17H,6-10H2,1-5H3. The zero-order chi connectivity index (χ0) is 13.7. The summed E-state index contributed by atoms with van der Waals surface area (Å²) in [4.78, 5) is 2.28. The van der Waals surface area contributed by atoms with Crippen molar-refractivity contribution in [2.45, 2.75) is 65.2 Å². The van der Waals surface area contributed by atoms with E-state index in [1.165, 1.54) is 6.42 Å². The first-order valence-corrected chi connectivity index (χ1v) is 7.41. The van der Waals surface area contributed by atoms with E-state index < -0.39 is 0 Å². The van der Waals surface area contributed by atoms with Crippen LogP contribution in [0.4, 0.5) is 0 Å². The minimum Gasteiger partial charge on any atom is -0.391 e. The van der Waals surface area contributed by atoms with E-state index in [0.717, 1.165) is 37.8 Å². The van der Waals surface area contributed by atoms with Gasteiger partial charge in [-0.25, -0.2) is 0 Å². The van der Waals surface area contributed by atoms with Crippen molar-refractivity contribution in [1.82, 2.24) is 4.90 Å². The summed E-state index contributed by atoms with van der Waals surface area (Å²) >= 11 is 0. The van der Waals surface area contributed by atoms with Gasteiger partial charge in [-0.2, -0.15) is 0 Å². The molecule has 3 heteroatoms. The molecule has 3 atom stereocenters. The predicted molar refractivity (Wildman–Crippen MR) is 75.7 cm³/mol. The molecule has 0 aromatic carbocycles. The van der Waals surface area contributed by atoms with E-state index in [2.05, 4.69) is 39.6 Å². The van der Waals surface area contributed by atoms with E-state index in [0.29, 0.717) is 6.04 Å². The normalized spacial score (nSPS) is 29.5. The lowest BCUT2D eigenvalue weighted by Crippen LogP contribution is -2.47. The van der Waals surface area contributed by atoms with Crippen molar-refractivity contribution in [1.29, 1.82) is 0 Å². The second kappa shape index (κ2) is 7.46. The molecule has 0 amide bonds. The van der Waals surface area contributed by atoms with Crippen LogP contribution in [-0.2, 0) is 4.74 Å². The SMILES string of the molecule is CC(C)OCCN(C)C1CC(C(C)C)CCC1O. The van der Waals surface area contributed by atoms with Crippen LogP contribution in [0.2, 0.25) is 0 Å². The molecule has 3 unspecified atom stereocenters. The lowest BCUT2D eigenvalue weighted by Gasteiger charge is -2.40. The molecule has 3 nitrogen and oxygen atoms in total. The summed E-state index contributed by atoms with van der Waals surface area (Å²) in [5.41, 5.74) is 0. The number of aliphatic hydroxyl groups excluding tert-OH is 1. The molecular weight excluding hydrogens is 226 g/mol. The van der Waals surface area contributed by atoms with Gasteiger partial charge in [0, 0.05) is 12.6 Å². The number of aliphatic hydroxyl groups is 1. The molecule has 1 fully saturated rings. The fourth-order valence-corrected chi connectivity index (χ4v) is 2.84. The third-order valence-corrected chi connectivity index (χ3v) is 4.23. The van der Waals surface area contributed by atoms with Crippen molar-refractivity contribution in [3.05, 3.63) is 0 Å². The van der Waals surface area contributed by atoms with Gasteiger partial charge < -0.3 is 9.84 Å². The van der Waals surface area contributed by atoms with Gasteiger partial charge in [0.25, 0.3) is 0 Å². The van der Waals surface area contributed by atoms with Crippen molar-refractivity contribution in [2.24, 2.45) is 11.8 Å². The van der Waals surface area contributed by atoms with Crippen LogP contribution >= 0.6 is 0 Å². The first-order valence-electron chi connectivity index (χ1n) is 7.41. The fraction of sp³-hybridized carbons (Fsp3) is 1.00. The second-order valence-electron chi connectivity index (χ2n) is 6.35. The summed E-state index contributed by atoms with van der Waals surface area (Å²) in [6.07, 6.45) is 3.37. The number of nitrogens with zero attached hydrogens (tertiary/aromatic N) is 1. The van der Waals surface area contributed by atoms with Crippen molar-refractivity contribution in [3.63, 3.8) is 0 Å². The van der Waals surface area contributed by atoms with Crippen LogP contribution in [0.15, 0.2) is 0 Å². The highest BCUT2D eigenvalue weighted by molar-refractivity contribution is 4.86. The third-order valence-electron chi connectivity index (χ3n) is 4.23. The molecule has 1 aliphatic carbocycles. The molecule has 0 saturated heterocycles. The van der Waals surface area contributed by atoms with Gasteiger partial charge in [-0.1, -0.05) is 13.8 Å². The van der Waals surface area contributed by atoms with Crippen LogP contribution in [0.3, 0.4) is 0 Å². The molecule has 1 N–H and O–H groups in total. The maximum Gasteiger partial charge on any atom is 0.0695 e. The number of rotatable bonds is 6. The Labute approximate surface area is 113 Å². The number of ether oxygens (including phenoxy) is 1. The predicted octanol–water partition coefficient (Wildman–Crippen LogP) is 2.53. The molecule has 18 heavy (non-hydrogen) atoms. The Kier molecular flexibility index (Phi) is 6.61. The highest BCUT2D eigenvalue weighted by Crippen LogP contribution is 2.32. The van der Waals surface area contributed by atoms with E-state index in [1.807, 2.05) is 0 Å². The Bertz CT molecular complexity index is 231. The van der Waals surface area contributed by atoms with E-state index >= 15 is 0 Å². The third kappa shape index (κ3) is 4.87. The van der Waals surface area contributed by atoms with E-state index in [1.54, 1.807) is 0 Å². The Morgan fingerprint density at radius 2 is 1.89 bits per heavy atom. The maximum atomic E-state index is 10.2. The van der Waals surface area contributed by atoms with Crippen LogP contribution in [0.5, 0.6) is 0 Å². The van der Waals surface area contributed by atoms with Crippen LogP contribution < -0.4 is 0 Å². The largest absolute Gasteiger partial charge is 0.391 e. The van der Waals surface area contributed by atoms with Crippen molar-refractivity contribution in [2.75, 3.05) is 20.2 Å². The van der Waals surface area contributed by atoms with Crippen LogP contribution in [0.1, 0.15) is 47.0 Å². The Balaban J connectivity index is 2.41. The highest BCUT2D eigenvalue weighted by Gasteiger charge is 2.32. The monoisotopic (exact) mass is 257 g/mol. The number of likely N-dealkylation sites (N-methyl/N-ethyl adjacent to an activating group) is 1. The minimum absolute atomic E-state index is 0.163. The maximum absolute atomic E-state index is 10.2. The van der Waals surface area contributed by atoms with E-state index in [4.69, 9.17) is 4.74 Å². The van der Waals surface area contributed by atoms with Gasteiger partial charge in [0.1, 0.15) is 0 Å². The van der Waals surface area contributed by atoms with Crippen molar-refractivity contribution < 1.29 is 9.84 Å². The summed E-state index contributed by atoms with van der Waals surface area (Å²) < 4.78 is 5.59. The van der Waals surface area contributed by atoms with Gasteiger partial charge in [-0.05, 0) is 52.0 Å². The minimum atomic E-state index is -0.163. The van der Waals surface area contributed by atoms with Crippen molar-refractivity contribution >= 4 is 0 Å². The molecule has 1 saturated carbocycles. The van der Waals surface area contributed by atoms with Crippen LogP contribution in [-0.4, -0.2) is 48.5 Å². The molecule has 0 spiro atoms. The Morgan fingerprint density at radius 1 is 1.22 bits per heavy atom. The molecule has 0 bridgehead atoms. The second-order valence-corrected chi connectivity index (χ2v) is 6.35. The Morgan fingerprint density at radius 3 is 2.44 bits per heavy atom. The zero-order valence-electron chi connectivity index (χ0n) is 12.7.